The third-order valence-electron chi connectivity index (χ3n) is 8.40. The molecule has 1 fully saturated rings. The number of hydrogen-bond acceptors (Lipinski definition) is 8. The molecule has 3 aliphatic heterocycles. The van der Waals surface area contributed by atoms with E-state index >= 15 is 0 Å². The molecule has 0 aliphatic carbocycles. The van der Waals surface area contributed by atoms with Crippen molar-refractivity contribution in [3.8, 4) is 11.1 Å². The maximum atomic E-state index is 12.5. The number of nitrogens with zero attached hydrogens (tertiary/aromatic N) is 4. The second kappa shape index (κ2) is 10.8. The summed E-state index contributed by atoms with van der Waals surface area (Å²) in [4.78, 5) is 39.4. The quantitative estimate of drug-likeness (QED) is 0.239. The van der Waals surface area contributed by atoms with Crippen molar-refractivity contribution in [2.24, 2.45) is 0 Å². The molecule has 7 rings (SSSR count). The van der Waals surface area contributed by atoms with Gasteiger partial charge in [0, 0.05) is 48.9 Å². The van der Waals surface area contributed by atoms with Gasteiger partial charge in [-0.25, -0.2) is 9.97 Å². The molecule has 2 aromatic carbocycles. The minimum Gasteiger partial charge on any atom is -0.295 e. The van der Waals surface area contributed by atoms with Crippen LogP contribution in [0.2, 0.25) is 0 Å². The van der Waals surface area contributed by atoms with Gasteiger partial charge in [-0.1, -0.05) is 54.6 Å². The van der Waals surface area contributed by atoms with Crippen LogP contribution in [0.4, 0.5) is 0 Å². The molecule has 9 heteroatoms. The second-order valence-corrected chi connectivity index (χ2v) is 12.4. The Bertz CT molecular complexity index is 1700. The number of carbonyl (C=O) groups excluding carboxylic acids is 2. The van der Waals surface area contributed by atoms with Crippen LogP contribution >= 0.6 is 24.0 Å². The van der Waals surface area contributed by atoms with Crippen LogP contribution in [0.3, 0.4) is 0 Å². The fraction of sp³-hybridized carbons (Fsp3) is 0.312. The maximum absolute atomic E-state index is 12.5. The number of piperidine rings is 1. The van der Waals surface area contributed by atoms with Crippen LogP contribution in [-0.4, -0.2) is 50.7 Å². The highest BCUT2D eigenvalue weighted by Gasteiger charge is 2.39. The average Bonchev–Trinajstić information content (AvgIpc) is 3.54. The summed E-state index contributed by atoms with van der Waals surface area (Å²) >= 11 is 6.59. The molecule has 3 aliphatic rings. The fourth-order valence-corrected chi connectivity index (χ4v) is 7.78. The van der Waals surface area contributed by atoms with Crippen molar-refractivity contribution in [2.45, 2.75) is 50.7 Å². The number of benzene rings is 2. The standard InChI is InChI=1S/C32H31N5O2S2/c1-19-33-29(28-25(18-41-31(28)34-19)21-5-3-2-4-6-21)22-11-13-36(14-12-22)16-20-7-8-23-17-37(32(40)24(23)15-20)26-9-10-27(38)35-30(26)39/h2-8,11,15,18,26,32,40H,9-10,12-14,16-17H2,1H3,(H,35,38,39). The first-order valence-corrected chi connectivity index (χ1v) is 15.5. The number of aryl methyl sites for hydroxylation is 1. The summed E-state index contributed by atoms with van der Waals surface area (Å²) in [5.41, 5.74) is 8.36. The Kier molecular flexibility index (Phi) is 6.98. The van der Waals surface area contributed by atoms with E-state index in [0.29, 0.717) is 19.4 Å². The van der Waals surface area contributed by atoms with Crippen molar-refractivity contribution in [3.05, 3.63) is 88.2 Å². The number of hydrogen-bond donors (Lipinski definition) is 2. The normalized spacial score (nSPS) is 21.7. The monoisotopic (exact) mass is 581 g/mol. The first-order chi connectivity index (χ1) is 19.9. The van der Waals surface area contributed by atoms with Gasteiger partial charge in [-0.2, -0.15) is 12.6 Å². The highest BCUT2D eigenvalue weighted by Crippen LogP contribution is 2.41. The van der Waals surface area contributed by atoms with Crippen LogP contribution in [0.15, 0.2) is 60.0 Å². The minimum absolute atomic E-state index is 0.158. The van der Waals surface area contributed by atoms with Crippen LogP contribution < -0.4 is 5.32 Å². The highest BCUT2D eigenvalue weighted by molar-refractivity contribution is 7.80. The maximum Gasteiger partial charge on any atom is 0.243 e. The van der Waals surface area contributed by atoms with Gasteiger partial charge >= 0.3 is 0 Å². The zero-order valence-corrected chi connectivity index (χ0v) is 24.5. The van der Waals surface area contributed by atoms with Gasteiger partial charge in [0.05, 0.1) is 17.1 Å². The molecule has 2 atom stereocenters. The van der Waals surface area contributed by atoms with Crippen LogP contribution in [-0.2, 0) is 22.7 Å². The van der Waals surface area contributed by atoms with Crippen LogP contribution in [0.5, 0.6) is 0 Å². The lowest BCUT2D eigenvalue weighted by Crippen LogP contribution is -2.51. The Labute approximate surface area is 248 Å². The Morgan fingerprint density at radius 1 is 1.10 bits per heavy atom. The zero-order chi connectivity index (χ0) is 28.1. The molecule has 41 heavy (non-hydrogen) atoms. The van der Waals surface area contributed by atoms with Gasteiger partial charge in [-0.3, -0.25) is 24.7 Å². The number of carbonyl (C=O) groups is 2. The third kappa shape index (κ3) is 5.01. The number of aromatic nitrogens is 2. The van der Waals surface area contributed by atoms with E-state index in [4.69, 9.17) is 22.6 Å². The summed E-state index contributed by atoms with van der Waals surface area (Å²) < 4.78 is 0. The third-order valence-corrected chi connectivity index (χ3v) is 9.85. The number of thiol groups is 1. The lowest BCUT2D eigenvalue weighted by molar-refractivity contribution is -0.137. The molecule has 1 saturated heterocycles. The molecule has 2 amide bonds. The average molecular weight is 582 g/mol. The van der Waals surface area contributed by atoms with Crippen molar-refractivity contribution < 1.29 is 9.59 Å². The number of imide groups is 1. The molecule has 4 aromatic rings. The Morgan fingerprint density at radius 3 is 2.73 bits per heavy atom. The first-order valence-electron chi connectivity index (χ1n) is 14.1. The van der Waals surface area contributed by atoms with Crippen LogP contribution in [0.25, 0.3) is 26.9 Å². The molecular formula is C32H31N5O2S2. The van der Waals surface area contributed by atoms with Crippen LogP contribution in [0.1, 0.15) is 52.8 Å². The molecule has 2 unspecified atom stereocenters. The van der Waals surface area contributed by atoms with Gasteiger partial charge in [-0.05, 0) is 47.6 Å². The molecule has 0 bridgehead atoms. The predicted octanol–water partition coefficient (Wildman–Crippen LogP) is 5.51. The molecule has 5 heterocycles. The van der Waals surface area contributed by atoms with E-state index in [0.717, 1.165) is 53.4 Å². The lowest BCUT2D eigenvalue weighted by atomic mass is 9.97. The molecule has 0 radical (unpaired) electrons. The summed E-state index contributed by atoms with van der Waals surface area (Å²) in [7, 11) is 0. The van der Waals surface area contributed by atoms with Crippen molar-refractivity contribution in [3.63, 3.8) is 0 Å². The van der Waals surface area contributed by atoms with Gasteiger partial charge in [0.1, 0.15) is 10.7 Å². The molecule has 0 saturated carbocycles. The topological polar surface area (TPSA) is 78.4 Å². The number of thiophene rings is 1. The molecule has 0 spiro atoms. The lowest BCUT2D eigenvalue weighted by Gasteiger charge is -2.32. The van der Waals surface area contributed by atoms with Gasteiger partial charge in [-0.15, -0.1) is 11.3 Å². The highest BCUT2D eigenvalue weighted by atomic mass is 32.1. The molecule has 7 nitrogen and oxygen atoms in total. The van der Waals surface area contributed by atoms with E-state index in [1.165, 1.54) is 27.8 Å². The Morgan fingerprint density at radius 2 is 1.95 bits per heavy atom. The van der Waals surface area contributed by atoms with Crippen molar-refractivity contribution in [1.82, 2.24) is 25.1 Å². The fourth-order valence-electron chi connectivity index (χ4n) is 6.31. The van der Waals surface area contributed by atoms with Crippen molar-refractivity contribution >= 4 is 51.6 Å². The first kappa shape index (κ1) is 26.5. The van der Waals surface area contributed by atoms with Gasteiger partial charge in [0.15, 0.2) is 0 Å². The Hall–Kier alpha value is -3.37. The van der Waals surface area contributed by atoms with E-state index in [1.54, 1.807) is 11.3 Å². The van der Waals surface area contributed by atoms with Gasteiger partial charge in [0.25, 0.3) is 0 Å². The molecule has 208 valence electrons. The molecule has 1 N–H and O–H groups in total. The van der Waals surface area contributed by atoms with E-state index < -0.39 is 0 Å². The van der Waals surface area contributed by atoms with E-state index in [9.17, 15) is 9.59 Å². The number of nitrogens with one attached hydrogen (secondary N) is 1. The van der Waals surface area contributed by atoms with Gasteiger partial charge < -0.3 is 0 Å². The van der Waals surface area contributed by atoms with Crippen molar-refractivity contribution in [2.75, 3.05) is 13.1 Å². The summed E-state index contributed by atoms with van der Waals surface area (Å²) in [6, 6.07) is 16.8. The summed E-state index contributed by atoms with van der Waals surface area (Å²) in [6.07, 6.45) is 4.18. The largest absolute Gasteiger partial charge is 0.295 e. The zero-order valence-electron chi connectivity index (χ0n) is 22.8. The summed E-state index contributed by atoms with van der Waals surface area (Å²) in [5, 5.41) is 5.69. The summed E-state index contributed by atoms with van der Waals surface area (Å²) in [5.74, 6) is 0.410. The molecule has 2 aromatic heterocycles. The van der Waals surface area contributed by atoms with E-state index in [-0.39, 0.29) is 23.2 Å². The number of amides is 2. The van der Waals surface area contributed by atoms with E-state index in [1.807, 2.05) is 13.0 Å². The molecular weight excluding hydrogens is 551 g/mol. The minimum atomic E-state index is -0.320. The van der Waals surface area contributed by atoms with E-state index in [2.05, 4.69) is 69.0 Å². The van der Waals surface area contributed by atoms with Crippen LogP contribution in [0, 0.1) is 6.92 Å². The Balaban J connectivity index is 1.08. The number of fused-ring (bicyclic) bond motifs is 2. The number of rotatable bonds is 5. The second-order valence-electron chi connectivity index (χ2n) is 11.1. The smallest absolute Gasteiger partial charge is 0.243 e. The predicted molar refractivity (Wildman–Crippen MR) is 165 cm³/mol. The SMILES string of the molecule is Cc1nc(C2=CCN(Cc3ccc4c(c3)C(S)N(C3CCC(=O)NC3=O)C4)CC2)c2c(-c3ccccc3)csc2n1. The van der Waals surface area contributed by atoms with Crippen molar-refractivity contribution in [1.29, 1.82) is 0 Å². The summed E-state index contributed by atoms with van der Waals surface area (Å²) in [6.45, 7) is 5.30. The van der Waals surface area contributed by atoms with Gasteiger partial charge in [0.2, 0.25) is 11.8 Å².